The van der Waals surface area contributed by atoms with Crippen molar-refractivity contribution in [3.8, 4) is 5.75 Å². The number of amides is 1. The molecule has 1 N–H and O–H groups in total. The molecule has 0 radical (unpaired) electrons. The van der Waals surface area contributed by atoms with Crippen LogP contribution >= 0.6 is 0 Å². The molecule has 1 amide bonds. The van der Waals surface area contributed by atoms with Gasteiger partial charge in [-0.2, -0.15) is 0 Å². The van der Waals surface area contributed by atoms with Gasteiger partial charge in [-0.15, -0.1) is 0 Å². The number of anilines is 1. The first-order valence-corrected chi connectivity index (χ1v) is 6.88. The minimum absolute atomic E-state index is 0.0153. The normalized spacial score (nSPS) is 9.96. The van der Waals surface area contributed by atoms with E-state index in [2.05, 4.69) is 5.32 Å². The monoisotopic (exact) mass is 343 g/mol. The van der Waals surface area contributed by atoms with Gasteiger partial charge in [-0.05, 0) is 24.3 Å². The fourth-order valence-electron chi connectivity index (χ4n) is 2.04. The predicted octanol–water partition coefficient (Wildman–Crippen LogP) is 1.14. The molecule has 2 aromatic rings. The maximum Gasteiger partial charge on any atom is 0.351 e. The first kappa shape index (κ1) is 17.6. The summed E-state index contributed by atoms with van der Waals surface area (Å²) in [5, 5.41) is 24.7. The first-order chi connectivity index (χ1) is 11.8. The number of carbonyl (C=O) groups is 3. The summed E-state index contributed by atoms with van der Waals surface area (Å²) in [7, 11) is 0. The Labute approximate surface area is 141 Å². The van der Waals surface area contributed by atoms with E-state index in [1.54, 1.807) is 0 Å². The molecule has 0 unspecified atom stereocenters. The summed E-state index contributed by atoms with van der Waals surface area (Å²) in [5.41, 5.74) is -1.61. The van der Waals surface area contributed by atoms with Crippen LogP contribution in [-0.4, -0.2) is 22.8 Å². The largest absolute Gasteiger partial charge is 0.545 e. The van der Waals surface area contributed by atoms with Crippen LogP contribution in [0.3, 0.4) is 0 Å². The lowest BCUT2D eigenvalue weighted by molar-refractivity contribution is -0.385. The quantitative estimate of drug-likeness (QED) is 0.371. The minimum atomic E-state index is -1.74. The molecular weight excluding hydrogens is 332 g/mol. The van der Waals surface area contributed by atoms with Crippen molar-refractivity contribution in [2.75, 3.05) is 5.32 Å². The second kappa shape index (κ2) is 7.21. The summed E-state index contributed by atoms with van der Waals surface area (Å²) in [5.74, 6) is -3.22. The van der Waals surface area contributed by atoms with Crippen LogP contribution in [0.1, 0.15) is 27.6 Å². The van der Waals surface area contributed by atoms with Gasteiger partial charge in [-0.3, -0.25) is 14.9 Å². The van der Waals surface area contributed by atoms with Gasteiger partial charge in [0.2, 0.25) is 5.91 Å². The fourth-order valence-corrected chi connectivity index (χ4v) is 2.04. The Morgan fingerprint density at radius 1 is 1.08 bits per heavy atom. The Hall–Kier alpha value is -3.75. The number of hydrogen-bond acceptors (Lipinski definition) is 7. The third-order valence-electron chi connectivity index (χ3n) is 3.05. The van der Waals surface area contributed by atoms with Gasteiger partial charge in [0.05, 0.1) is 10.9 Å². The topological polar surface area (TPSA) is 139 Å². The highest BCUT2D eigenvalue weighted by Gasteiger charge is 2.26. The van der Waals surface area contributed by atoms with Gasteiger partial charge in [0, 0.05) is 24.2 Å². The van der Waals surface area contributed by atoms with Crippen LogP contribution in [0.4, 0.5) is 11.4 Å². The molecule has 9 heteroatoms. The van der Waals surface area contributed by atoms with Crippen molar-refractivity contribution in [1.29, 1.82) is 0 Å². The number of aromatic carboxylic acids is 1. The predicted molar refractivity (Wildman–Crippen MR) is 83.1 cm³/mol. The van der Waals surface area contributed by atoms with Crippen molar-refractivity contribution in [2.45, 2.75) is 6.92 Å². The highest BCUT2D eigenvalue weighted by molar-refractivity contribution is 6.05. The van der Waals surface area contributed by atoms with E-state index in [9.17, 15) is 29.6 Å². The van der Waals surface area contributed by atoms with E-state index < -0.39 is 33.7 Å². The van der Waals surface area contributed by atoms with Crippen LogP contribution in [0.15, 0.2) is 42.5 Å². The molecule has 128 valence electrons. The van der Waals surface area contributed by atoms with Gasteiger partial charge >= 0.3 is 5.97 Å². The molecule has 0 aromatic heterocycles. The van der Waals surface area contributed by atoms with Crippen LogP contribution in [0.5, 0.6) is 5.75 Å². The van der Waals surface area contributed by atoms with Gasteiger partial charge in [0.1, 0.15) is 11.3 Å². The molecule has 25 heavy (non-hydrogen) atoms. The number of hydrogen-bond donors (Lipinski definition) is 1. The Kier molecular flexibility index (Phi) is 5.08. The number of carboxylic acid groups (broad SMARTS) is 1. The van der Waals surface area contributed by atoms with Crippen LogP contribution in [0.25, 0.3) is 0 Å². The van der Waals surface area contributed by atoms with Crippen molar-refractivity contribution in [3.05, 3.63) is 63.7 Å². The maximum absolute atomic E-state index is 12.2. The molecule has 0 aliphatic heterocycles. The second-order valence-electron chi connectivity index (χ2n) is 4.84. The second-order valence-corrected chi connectivity index (χ2v) is 4.84. The molecular formula is C16H11N2O7-. The number of ether oxygens (including phenoxy) is 1. The average Bonchev–Trinajstić information content (AvgIpc) is 2.55. The number of nitrogens with zero attached hydrogens (tertiary/aromatic N) is 1. The van der Waals surface area contributed by atoms with Gasteiger partial charge in [0.25, 0.3) is 5.69 Å². The zero-order chi connectivity index (χ0) is 18.6. The van der Waals surface area contributed by atoms with Gasteiger partial charge in [0.15, 0.2) is 0 Å². The molecule has 2 aromatic carbocycles. The lowest BCUT2D eigenvalue weighted by Crippen LogP contribution is -2.26. The van der Waals surface area contributed by atoms with Crippen molar-refractivity contribution in [3.63, 3.8) is 0 Å². The van der Waals surface area contributed by atoms with Crippen molar-refractivity contribution < 1.29 is 29.2 Å². The Morgan fingerprint density at radius 3 is 2.24 bits per heavy atom. The number of carbonyl (C=O) groups excluding carboxylic acids is 3. The number of esters is 1. The van der Waals surface area contributed by atoms with Crippen molar-refractivity contribution in [1.82, 2.24) is 0 Å². The van der Waals surface area contributed by atoms with Gasteiger partial charge < -0.3 is 20.0 Å². The average molecular weight is 343 g/mol. The number of carboxylic acids is 1. The summed E-state index contributed by atoms with van der Waals surface area (Å²) in [4.78, 5) is 44.5. The molecule has 0 heterocycles. The standard InChI is InChI=1S/C16H12N2O7/c1-9(19)17-10-5-7-11(8-6-10)25-16(22)14-12(15(20)21)3-2-4-13(14)18(23)24/h2-8H,1H3,(H,17,19)(H,20,21)/p-1. The van der Waals surface area contributed by atoms with E-state index in [0.29, 0.717) is 5.69 Å². The molecule has 0 saturated heterocycles. The lowest BCUT2D eigenvalue weighted by atomic mass is 10.1. The number of nitrogens with one attached hydrogen (secondary N) is 1. The van der Waals surface area contributed by atoms with Crippen LogP contribution in [-0.2, 0) is 4.79 Å². The Balaban J connectivity index is 2.33. The van der Waals surface area contributed by atoms with Gasteiger partial charge in [-0.1, -0.05) is 12.1 Å². The van der Waals surface area contributed by atoms with Gasteiger partial charge in [-0.25, -0.2) is 4.79 Å². The van der Waals surface area contributed by atoms with Crippen molar-refractivity contribution >= 4 is 29.2 Å². The van der Waals surface area contributed by atoms with E-state index in [1.165, 1.54) is 31.2 Å². The highest BCUT2D eigenvalue weighted by Crippen LogP contribution is 2.25. The molecule has 0 spiro atoms. The van der Waals surface area contributed by atoms with E-state index in [4.69, 9.17) is 4.74 Å². The van der Waals surface area contributed by atoms with E-state index >= 15 is 0 Å². The molecule has 0 fully saturated rings. The summed E-state index contributed by atoms with van der Waals surface area (Å²) in [6.07, 6.45) is 0. The molecule has 0 aliphatic rings. The maximum atomic E-state index is 12.2. The van der Waals surface area contributed by atoms with Crippen LogP contribution < -0.4 is 15.2 Å². The molecule has 0 atom stereocenters. The summed E-state index contributed by atoms with van der Waals surface area (Å²) in [6.45, 7) is 1.32. The number of benzene rings is 2. The molecule has 0 aliphatic carbocycles. The van der Waals surface area contributed by atoms with Crippen LogP contribution in [0.2, 0.25) is 0 Å². The Morgan fingerprint density at radius 2 is 1.72 bits per heavy atom. The molecule has 0 saturated carbocycles. The van der Waals surface area contributed by atoms with E-state index in [-0.39, 0.29) is 11.7 Å². The number of nitro groups is 1. The molecule has 2 rings (SSSR count). The fraction of sp³-hybridized carbons (Fsp3) is 0.0625. The third kappa shape index (κ3) is 4.16. The smallest absolute Gasteiger partial charge is 0.351 e. The third-order valence-corrected chi connectivity index (χ3v) is 3.05. The lowest BCUT2D eigenvalue weighted by Gasteiger charge is -2.11. The zero-order valence-electron chi connectivity index (χ0n) is 12.8. The van der Waals surface area contributed by atoms with Crippen molar-refractivity contribution in [2.24, 2.45) is 0 Å². The highest BCUT2D eigenvalue weighted by atomic mass is 16.6. The zero-order valence-corrected chi connectivity index (χ0v) is 12.8. The first-order valence-electron chi connectivity index (χ1n) is 6.88. The summed E-state index contributed by atoms with van der Waals surface area (Å²) in [6, 6.07) is 8.71. The molecule has 0 bridgehead atoms. The number of rotatable bonds is 5. The van der Waals surface area contributed by atoms with E-state index in [0.717, 1.165) is 18.2 Å². The van der Waals surface area contributed by atoms with Crippen LogP contribution in [0, 0.1) is 10.1 Å². The van der Waals surface area contributed by atoms with E-state index in [1.807, 2.05) is 0 Å². The SMILES string of the molecule is CC(=O)Nc1ccc(OC(=O)c2c(C(=O)[O-])cccc2[N+](=O)[O-])cc1. The minimum Gasteiger partial charge on any atom is -0.545 e. The molecule has 9 nitrogen and oxygen atoms in total. The Bertz CT molecular complexity index is 827. The number of nitro benzene ring substituents is 1. The summed E-state index contributed by atoms with van der Waals surface area (Å²) < 4.78 is 4.99. The summed E-state index contributed by atoms with van der Waals surface area (Å²) >= 11 is 0.